The Morgan fingerprint density at radius 2 is 1.92 bits per heavy atom. The maximum Gasteiger partial charge on any atom is 0.217 e. The fraction of sp³-hybridized carbons (Fsp3) is 0.444. The summed E-state index contributed by atoms with van der Waals surface area (Å²) in [5.74, 6) is -3.31. The molecule has 0 aliphatic carbocycles. The van der Waals surface area contributed by atoms with E-state index in [1.54, 1.807) is 13.8 Å². The second kappa shape index (κ2) is 5.77. The molecule has 2 saturated heterocycles. The van der Waals surface area contributed by atoms with Gasteiger partial charge in [-0.05, 0) is 18.2 Å². The van der Waals surface area contributed by atoms with E-state index in [2.05, 4.69) is 15.9 Å². The molecule has 0 aromatic heterocycles. The minimum atomic E-state index is -2.14. The van der Waals surface area contributed by atoms with E-state index in [4.69, 9.17) is 14.9 Å². The molecular weight excluding hydrogens is 403 g/mol. The topological polar surface area (TPSA) is 114 Å². The Hall–Kier alpha value is -2.47. The van der Waals surface area contributed by atoms with Crippen LogP contribution in [0.15, 0.2) is 22.7 Å². The molecule has 1 aromatic carbocycles. The van der Waals surface area contributed by atoms with Gasteiger partial charge in [-0.1, -0.05) is 29.8 Å². The van der Waals surface area contributed by atoms with Crippen molar-refractivity contribution in [3.8, 4) is 18.2 Å². The van der Waals surface area contributed by atoms with Gasteiger partial charge in [0.05, 0.1) is 24.1 Å². The quantitative estimate of drug-likeness (QED) is 0.783. The van der Waals surface area contributed by atoms with E-state index in [1.807, 2.05) is 18.2 Å². The smallest absolute Gasteiger partial charge is 0.217 e. The van der Waals surface area contributed by atoms with Gasteiger partial charge < -0.3 is 9.47 Å². The predicted octanol–water partition coefficient (Wildman–Crippen LogP) is 3.95. The zero-order valence-electron chi connectivity index (χ0n) is 14.0. The highest BCUT2D eigenvalue weighted by atomic mass is 79.9. The van der Waals surface area contributed by atoms with Gasteiger partial charge in [-0.2, -0.15) is 15.8 Å². The number of benzene rings is 1. The first-order valence-electron chi connectivity index (χ1n) is 7.93. The lowest BCUT2D eigenvalue weighted by atomic mass is 9.53. The largest absolute Gasteiger partial charge is 0.447 e. The Labute approximate surface area is 158 Å². The number of nitriles is 3. The summed E-state index contributed by atoms with van der Waals surface area (Å²) < 4.78 is 26.8. The van der Waals surface area contributed by atoms with Crippen LogP contribution in [0.25, 0.3) is 0 Å². The third-order valence-electron chi connectivity index (χ3n) is 5.54. The summed E-state index contributed by atoms with van der Waals surface area (Å²) in [6.07, 6.45) is -1.13. The monoisotopic (exact) mass is 416 g/mol. The summed E-state index contributed by atoms with van der Waals surface area (Å²) in [6, 6.07) is 9.81. The molecule has 3 rings (SSSR count). The molecule has 26 heavy (non-hydrogen) atoms. The van der Waals surface area contributed by atoms with E-state index in [-0.39, 0.29) is 12.0 Å². The average Bonchev–Trinajstić information content (AvgIpc) is 2.80. The molecule has 0 spiro atoms. The normalized spacial score (nSPS) is 34.3. The van der Waals surface area contributed by atoms with Crippen molar-refractivity contribution >= 4 is 21.8 Å². The number of nitrogens with zero attached hydrogens (tertiary/aromatic N) is 3. The lowest BCUT2D eigenvalue weighted by Gasteiger charge is -2.48. The number of halogens is 2. The van der Waals surface area contributed by atoms with Gasteiger partial charge in [0.1, 0.15) is 11.9 Å². The molecule has 2 bridgehead atoms. The summed E-state index contributed by atoms with van der Waals surface area (Å²) >= 11 is 3.25. The molecule has 1 aromatic rings. The van der Waals surface area contributed by atoms with E-state index in [0.717, 1.165) is 0 Å². The number of hydrogen-bond acceptors (Lipinski definition) is 6. The van der Waals surface area contributed by atoms with Crippen LogP contribution in [0.4, 0.5) is 4.39 Å². The molecule has 1 N–H and O–H groups in total. The summed E-state index contributed by atoms with van der Waals surface area (Å²) in [5.41, 5.74) is -4.05. The van der Waals surface area contributed by atoms with E-state index < -0.39 is 40.4 Å². The van der Waals surface area contributed by atoms with E-state index in [0.29, 0.717) is 4.47 Å². The molecule has 4 atom stereocenters. The number of nitrogens with one attached hydrogen (secondary N) is 1. The average molecular weight is 417 g/mol. The fourth-order valence-electron chi connectivity index (χ4n) is 4.04. The van der Waals surface area contributed by atoms with Gasteiger partial charge in [-0.3, -0.25) is 5.41 Å². The van der Waals surface area contributed by atoms with E-state index in [1.165, 1.54) is 18.2 Å². The molecule has 0 saturated carbocycles. The first kappa shape index (κ1) is 18.3. The maximum atomic E-state index is 14.6. The van der Waals surface area contributed by atoms with E-state index in [9.17, 15) is 20.2 Å². The Bertz CT molecular complexity index is 917. The highest BCUT2D eigenvalue weighted by Crippen LogP contribution is 2.67. The number of rotatable bonds is 2. The number of hydrogen-bond donors (Lipinski definition) is 1. The molecule has 132 valence electrons. The zero-order valence-corrected chi connectivity index (χ0v) is 15.6. The first-order valence-corrected chi connectivity index (χ1v) is 8.72. The van der Waals surface area contributed by atoms with Gasteiger partial charge in [0.15, 0.2) is 5.41 Å². The van der Waals surface area contributed by atoms with E-state index >= 15 is 0 Å². The van der Waals surface area contributed by atoms with Crippen LogP contribution in [0.3, 0.4) is 0 Å². The summed E-state index contributed by atoms with van der Waals surface area (Å²) in [6.45, 7) is 3.36. The predicted molar refractivity (Wildman–Crippen MR) is 90.6 cm³/mol. The van der Waals surface area contributed by atoms with Crippen molar-refractivity contribution in [2.45, 2.75) is 32.2 Å². The van der Waals surface area contributed by atoms with Crippen LogP contribution in [0, 0.1) is 62.0 Å². The Morgan fingerprint density at radius 1 is 1.27 bits per heavy atom. The van der Waals surface area contributed by atoms with Crippen LogP contribution in [0.5, 0.6) is 0 Å². The summed E-state index contributed by atoms with van der Waals surface area (Å²) in [5, 5.41) is 38.1. The highest BCUT2D eigenvalue weighted by molar-refractivity contribution is 9.10. The summed E-state index contributed by atoms with van der Waals surface area (Å²) in [7, 11) is 0. The second-order valence-corrected chi connectivity index (χ2v) is 7.35. The van der Waals surface area contributed by atoms with Gasteiger partial charge in [-0.25, -0.2) is 4.39 Å². The zero-order chi connectivity index (χ0) is 19.3. The molecule has 6 nitrogen and oxygen atoms in total. The molecule has 2 fully saturated rings. The molecule has 8 heteroatoms. The molecule has 2 aliphatic rings. The van der Waals surface area contributed by atoms with Gasteiger partial charge in [0, 0.05) is 16.5 Å². The third-order valence-corrected chi connectivity index (χ3v) is 6.03. The Kier molecular flexibility index (Phi) is 4.07. The van der Waals surface area contributed by atoms with Crippen LogP contribution in [-0.2, 0) is 9.47 Å². The highest BCUT2D eigenvalue weighted by Gasteiger charge is 2.79. The Balaban J connectivity index is 2.38. The standard InChI is InChI=1S/C18H14BrFN4O2/c1-3-18-10(2)17(9-23,15(24)26-18)16(7-21,8-22)14(25-18)12-6-11(19)4-5-13(12)20/h4-6,10,14,24H,3H2,1-2H3. The second-order valence-electron chi connectivity index (χ2n) is 6.43. The van der Waals surface area contributed by atoms with Crippen molar-refractivity contribution in [3.05, 3.63) is 34.1 Å². The van der Waals surface area contributed by atoms with Crippen molar-refractivity contribution in [1.82, 2.24) is 0 Å². The number of ether oxygens (including phenoxy) is 2. The van der Waals surface area contributed by atoms with Gasteiger partial charge >= 0.3 is 0 Å². The van der Waals surface area contributed by atoms with Crippen LogP contribution in [-0.4, -0.2) is 11.7 Å². The minimum Gasteiger partial charge on any atom is -0.447 e. The molecule has 2 aliphatic heterocycles. The molecular formula is C18H14BrFN4O2. The van der Waals surface area contributed by atoms with Crippen molar-refractivity contribution in [2.75, 3.05) is 0 Å². The van der Waals surface area contributed by atoms with Crippen molar-refractivity contribution in [1.29, 1.82) is 21.2 Å². The molecule has 0 amide bonds. The van der Waals surface area contributed by atoms with Gasteiger partial charge in [0.25, 0.3) is 0 Å². The fourth-order valence-corrected chi connectivity index (χ4v) is 4.42. The lowest BCUT2D eigenvalue weighted by Crippen LogP contribution is -2.58. The first-order chi connectivity index (χ1) is 12.3. The molecule has 0 radical (unpaired) electrons. The van der Waals surface area contributed by atoms with Crippen LogP contribution >= 0.6 is 15.9 Å². The van der Waals surface area contributed by atoms with Crippen molar-refractivity contribution in [3.63, 3.8) is 0 Å². The SMILES string of the molecule is CCC12OC(=N)C(C#N)(C1C)C(C#N)(C#N)C(c1cc(Br)ccc1F)O2. The van der Waals surface area contributed by atoms with Crippen LogP contribution in [0.2, 0.25) is 0 Å². The van der Waals surface area contributed by atoms with Crippen molar-refractivity contribution < 1.29 is 13.9 Å². The van der Waals surface area contributed by atoms with Crippen LogP contribution < -0.4 is 0 Å². The third kappa shape index (κ3) is 1.88. The summed E-state index contributed by atoms with van der Waals surface area (Å²) in [4.78, 5) is 0. The van der Waals surface area contributed by atoms with Gasteiger partial charge in [0.2, 0.25) is 17.1 Å². The molecule has 4 unspecified atom stereocenters. The number of fused-ring (bicyclic) bond motifs is 2. The lowest BCUT2D eigenvalue weighted by molar-refractivity contribution is -0.280. The maximum absolute atomic E-state index is 14.6. The van der Waals surface area contributed by atoms with Gasteiger partial charge in [-0.15, -0.1) is 0 Å². The minimum absolute atomic E-state index is 0.0369. The van der Waals surface area contributed by atoms with Crippen LogP contribution in [0.1, 0.15) is 31.9 Å². The Morgan fingerprint density at radius 3 is 2.46 bits per heavy atom. The molecule has 2 heterocycles. The van der Waals surface area contributed by atoms with Crippen molar-refractivity contribution in [2.24, 2.45) is 16.7 Å².